The van der Waals surface area contributed by atoms with E-state index in [1.807, 2.05) is 6.92 Å². The number of phenolic OH excluding ortho intramolecular Hbond substituents is 2. The van der Waals surface area contributed by atoms with Crippen LogP contribution in [0.4, 0.5) is 0 Å². The summed E-state index contributed by atoms with van der Waals surface area (Å²) in [5.74, 6) is -1.48. The molecule has 0 radical (unpaired) electrons. The van der Waals surface area contributed by atoms with E-state index < -0.39 is 33.2 Å². The van der Waals surface area contributed by atoms with Gasteiger partial charge in [0.25, 0.3) is 10.4 Å². The molecule has 2 aliphatic rings. The van der Waals surface area contributed by atoms with Gasteiger partial charge in [0.15, 0.2) is 23.5 Å². The fourth-order valence-corrected chi connectivity index (χ4v) is 6.33. The van der Waals surface area contributed by atoms with Crippen molar-refractivity contribution >= 4 is 16.7 Å². The summed E-state index contributed by atoms with van der Waals surface area (Å²) >= 11 is 0. The van der Waals surface area contributed by atoms with Gasteiger partial charge in [0, 0.05) is 5.56 Å². The zero-order valence-corrected chi connectivity index (χ0v) is 21.6. The molecule has 7 nitrogen and oxygen atoms in total. The van der Waals surface area contributed by atoms with Crippen LogP contribution in [0.25, 0.3) is 0 Å². The third-order valence-corrected chi connectivity index (χ3v) is 7.74. The van der Waals surface area contributed by atoms with Crippen LogP contribution in [0.1, 0.15) is 69.3 Å². The molecule has 3 atom stereocenters. The molecular weight excluding hydrogens is 431 g/mol. The normalized spacial score (nSPS) is 27.5. The van der Waals surface area contributed by atoms with Gasteiger partial charge in [-0.05, 0) is 61.3 Å². The molecular formula is C22H29NaO7S. The van der Waals surface area contributed by atoms with Crippen molar-refractivity contribution in [3.05, 3.63) is 28.8 Å². The van der Waals surface area contributed by atoms with E-state index >= 15 is 0 Å². The predicted molar refractivity (Wildman–Crippen MR) is 110 cm³/mol. The van der Waals surface area contributed by atoms with Crippen LogP contribution >= 0.6 is 0 Å². The first-order valence-electron chi connectivity index (χ1n) is 10.1. The molecule has 0 aromatic heterocycles. The molecule has 0 aliphatic heterocycles. The summed E-state index contributed by atoms with van der Waals surface area (Å²) in [4.78, 5) is 11.5. The van der Waals surface area contributed by atoms with Gasteiger partial charge in [-0.25, -0.2) is 8.42 Å². The van der Waals surface area contributed by atoms with Crippen LogP contribution in [-0.4, -0.2) is 29.5 Å². The molecule has 0 spiro atoms. The fourth-order valence-electron chi connectivity index (χ4n) is 5.93. The van der Waals surface area contributed by atoms with Crippen molar-refractivity contribution < 1.29 is 61.7 Å². The molecule has 0 bridgehead atoms. The van der Waals surface area contributed by atoms with Crippen molar-refractivity contribution in [2.45, 2.75) is 59.8 Å². The fraction of sp³-hybridized carbons (Fsp3) is 0.591. The first-order chi connectivity index (χ1) is 13.8. The van der Waals surface area contributed by atoms with Gasteiger partial charge >= 0.3 is 29.6 Å². The molecule has 0 heterocycles. The minimum Gasteiger partial charge on any atom is -0.716 e. The minimum atomic E-state index is -5.19. The van der Waals surface area contributed by atoms with E-state index in [1.54, 1.807) is 0 Å². The van der Waals surface area contributed by atoms with Gasteiger partial charge in [0.05, 0.1) is 0 Å². The standard InChI is InChI=1S/C22H30O7S.Na/c1-13-6-7-18-21(2,3)8-5-9-22(18,4)16(13)10-14-11-17(24)19(25)15(12-23)20(14)29-30(26,27)28;/h6,11-12,16,18,24-25H,5,7-10H2,1-4H3,(H,26,27,28);/q;+1/p-1/t16?,18?,22-;/m1./s1. The monoisotopic (exact) mass is 460 g/mol. The molecule has 1 aromatic carbocycles. The van der Waals surface area contributed by atoms with Crippen LogP contribution in [0.2, 0.25) is 0 Å². The number of allylic oxidation sites excluding steroid dienone is 2. The maximum absolute atomic E-state index is 11.5. The second-order valence-corrected chi connectivity index (χ2v) is 10.6. The number of phenols is 2. The summed E-state index contributed by atoms with van der Waals surface area (Å²) in [5, 5.41) is 20.1. The minimum absolute atomic E-state index is 0. The third-order valence-electron chi connectivity index (χ3n) is 7.37. The van der Waals surface area contributed by atoms with Gasteiger partial charge < -0.3 is 18.9 Å². The van der Waals surface area contributed by atoms with E-state index in [1.165, 1.54) is 6.07 Å². The number of aromatic hydroxyl groups is 2. The SMILES string of the molecule is CC1=CCC2C(C)(C)CCC[C@]2(C)C1Cc1cc(O)c(O)c(C=O)c1OS(=O)(=O)[O-].[Na+]. The van der Waals surface area contributed by atoms with Gasteiger partial charge in [0.1, 0.15) is 5.56 Å². The summed E-state index contributed by atoms with van der Waals surface area (Å²) in [6.07, 6.45) is 6.81. The Kier molecular flexibility index (Phi) is 7.65. The second-order valence-electron chi connectivity index (χ2n) is 9.60. The van der Waals surface area contributed by atoms with Crippen LogP contribution in [-0.2, 0) is 16.8 Å². The van der Waals surface area contributed by atoms with Gasteiger partial charge in [-0.2, -0.15) is 0 Å². The Bertz CT molecular complexity index is 1000. The van der Waals surface area contributed by atoms with Crippen LogP contribution in [0.3, 0.4) is 0 Å². The second kappa shape index (κ2) is 9.06. The first kappa shape index (κ1) is 26.2. The maximum Gasteiger partial charge on any atom is 1.00 e. The molecule has 0 saturated heterocycles. The molecule has 2 N–H and O–H groups in total. The Labute approximate surface area is 206 Å². The van der Waals surface area contributed by atoms with Gasteiger partial charge in [0.2, 0.25) is 0 Å². The molecule has 1 saturated carbocycles. The van der Waals surface area contributed by atoms with Gasteiger partial charge in [-0.1, -0.05) is 38.8 Å². The molecule has 2 aliphatic carbocycles. The largest absolute Gasteiger partial charge is 1.00 e. The molecule has 2 unspecified atom stereocenters. The molecule has 9 heteroatoms. The molecule has 0 amide bonds. The van der Waals surface area contributed by atoms with E-state index in [0.717, 1.165) is 31.3 Å². The van der Waals surface area contributed by atoms with Crippen molar-refractivity contribution in [3.8, 4) is 17.2 Å². The van der Waals surface area contributed by atoms with Crippen LogP contribution in [0, 0.1) is 22.7 Å². The zero-order chi connectivity index (χ0) is 22.5. The van der Waals surface area contributed by atoms with E-state index in [9.17, 15) is 28.0 Å². The number of hydrogen-bond acceptors (Lipinski definition) is 7. The summed E-state index contributed by atoms with van der Waals surface area (Å²) in [6, 6.07) is 1.18. The number of benzene rings is 1. The number of carbonyl (C=O) groups is 1. The summed E-state index contributed by atoms with van der Waals surface area (Å²) < 4.78 is 38.5. The zero-order valence-electron chi connectivity index (χ0n) is 18.8. The summed E-state index contributed by atoms with van der Waals surface area (Å²) in [7, 11) is -5.19. The summed E-state index contributed by atoms with van der Waals surface area (Å²) in [6.45, 7) is 8.82. The Balaban J connectivity index is 0.00000341. The van der Waals surface area contributed by atoms with E-state index in [-0.39, 0.29) is 64.6 Å². The van der Waals surface area contributed by atoms with Crippen molar-refractivity contribution in [1.29, 1.82) is 0 Å². The topological polar surface area (TPSA) is 124 Å². The Morgan fingerprint density at radius 3 is 2.48 bits per heavy atom. The van der Waals surface area contributed by atoms with Crippen molar-refractivity contribution in [1.82, 2.24) is 0 Å². The smallest absolute Gasteiger partial charge is 0.716 e. The van der Waals surface area contributed by atoms with E-state index in [4.69, 9.17) is 0 Å². The van der Waals surface area contributed by atoms with Crippen LogP contribution < -0.4 is 33.7 Å². The molecule has 3 rings (SSSR count). The average Bonchev–Trinajstić information content (AvgIpc) is 2.60. The summed E-state index contributed by atoms with van der Waals surface area (Å²) in [5.41, 5.74) is 0.860. The van der Waals surface area contributed by atoms with Gasteiger partial charge in [-0.3, -0.25) is 4.79 Å². The van der Waals surface area contributed by atoms with E-state index in [0.29, 0.717) is 5.92 Å². The average molecular weight is 461 g/mol. The van der Waals surface area contributed by atoms with Crippen LogP contribution in [0.5, 0.6) is 17.2 Å². The number of aldehydes is 1. The maximum atomic E-state index is 11.5. The van der Waals surface area contributed by atoms with Crippen molar-refractivity contribution in [2.24, 2.45) is 22.7 Å². The first-order valence-corrected chi connectivity index (χ1v) is 11.5. The Hall–Kier alpha value is -1.06. The van der Waals surface area contributed by atoms with Crippen LogP contribution in [0.15, 0.2) is 17.7 Å². The Morgan fingerprint density at radius 2 is 1.90 bits per heavy atom. The Morgan fingerprint density at radius 1 is 1.26 bits per heavy atom. The third kappa shape index (κ3) is 4.98. The van der Waals surface area contributed by atoms with Crippen molar-refractivity contribution in [3.63, 3.8) is 0 Å². The number of rotatable bonds is 5. The number of fused-ring (bicyclic) bond motifs is 1. The number of hydrogen-bond donors (Lipinski definition) is 2. The molecule has 166 valence electrons. The number of carbonyl (C=O) groups excluding carboxylic acids is 1. The predicted octanol–water partition coefficient (Wildman–Crippen LogP) is 1.09. The quantitative estimate of drug-likeness (QED) is 0.168. The van der Waals surface area contributed by atoms with Crippen molar-refractivity contribution in [2.75, 3.05) is 0 Å². The molecule has 1 aromatic rings. The molecule has 1 fully saturated rings. The van der Waals surface area contributed by atoms with E-state index in [2.05, 4.69) is 31.0 Å². The molecule has 31 heavy (non-hydrogen) atoms. The van der Waals surface area contributed by atoms with Gasteiger partial charge in [-0.15, -0.1) is 0 Å².